The molecule has 3 N–H and O–H groups in total. The fourth-order valence-electron chi connectivity index (χ4n) is 2.13. The second-order valence-corrected chi connectivity index (χ2v) is 5.42. The fourth-order valence-corrected chi connectivity index (χ4v) is 2.13. The van der Waals surface area contributed by atoms with Crippen molar-refractivity contribution in [2.24, 2.45) is 0 Å². The molecule has 2 amide bonds. The summed E-state index contributed by atoms with van der Waals surface area (Å²) in [6.45, 7) is 1.26. The second kappa shape index (κ2) is 8.49. The number of carbonyl (C=O) groups excluding carboxylic acids is 2. The van der Waals surface area contributed by atoms with Crippen molar-refractivity contribution in [3.8, 4) is 0 Å². The molecule has 140 valence electrons. The Hall–Kier alpha value is -3.86. The minimum absolute atomic E-state index is 0.0475. The summed E-state index contributed by atoms with van der Waals surface area (Å²) >= 11 is 0. The number of nitro groups is 2. The highest BCUT2D eigenvalue weighted by Gasteiger charge is 2.13. The smallest absolute Gasteiger partial charge is 0.274 e. The highest BCUT2D eigenvalue weighted by Crippen LogP contribution is 2.22. The van der Waals surface area contributed by atoms with E-state index in [9.17, 15) is 29.8 Å². The van der Waals surface area contributed by atoms with Gasteiger partial charge in [0.25, 0.3) is 17.3 Å². The van der Waals surface area contributed by atoms with Gasteiger partial charge in [-0.25, -0.2) is 5.43 Å². The third-order valence-corrected chi connectivity index (χ3v) is 3.46. The van der Waals surface area contributed by atoms with Crippen LogP contribution in [0.2, 0.25) is 0 Å². The highest BCUT2D eigenvalue weighted by atomic mass is 16.6. The van der Waals surface area contributed by atoms with Crippen molar-refractivity contribution < 1.29 is 19.4 Å². The van der Waals surface area contributed by atoms with E-state index in [2.05, 4.69) is 16.2 Å². The quantitative estimate of drug-likeness (QED) is 0.492. The Balaban J connectivity index is 1.88. The van der Waals surface area contributed by atoms with Crippen LogP contribution in [0.4, 0.5) is 17.1 Å². The molecule has 0 bridgehead atoms. The summed E-state index contributed by atoms with van der Waals surface area (Å²) in [6, 6.07) is 9.35. The van der Waals surface area contributed by atoms with E-state index in [4.69, 9.17) is 0 Å². The van der Waals surface area contributed by atoms with Crippen LogP contribution >= 0.6 is 0 Å². The van der Waals surface area contributed by atoms with Crippen molar-refractivity contribution in [1.29, 1.82) is 0 Å². The summed E-state index contributed by atoms with van der Waals surface area (Å²) in [5.74, 6) is -1.20. The predicted molar refractivity (Wildman–Crippen MR) is 95.0 cm³/mol. The largest absolute Gasteiger partial charge is 0.325 e. The topological polar surface area (TPSA) is 157 Å². The van der Waals surface area contributed by atoms with Crippen LogP contribution < -0.4 is 16.2 Å². The maximum atomic E-state index is 11.9. The Bertz CT molecular complexity index is 914. The number of hydrazine groups is 1. The molecule has 11 nitrogen and oxygen atoms in total. The normalized spacial score (nSPS) is 10.1. The van der Waals surface area contributed by atoms with Crippen LogP contribution in [0.5, 0.6) is 0 Å². The summed E-state index contributed by atoms with van der Waals surface area (Å²) in [4.78, 5) is 44.2. The summed E-state index contributed by atoms with van der Waals surface area (Å²) < 4.78 is 0. The van der Waals surface area contributed by atoms with Crippen LogP contribution in [0, 0.1) is 27.2 Å². The van der Waals surface area contributed by atoms with E-state index in [0.717, 1.165) is 6.07 Å². The molecular weight excluding hydrogens is 358 g/mol. The van der Waals surface area contributed by atoms with Crippen LogP contribution in [-0.2, 0) is 4.79 Å². The second-order valence-electron chi connectivity index (χ2n) is 5.42. The van der Waals surface area contributed by atoms with Crippen LogP contribution in [0.25, 0.3) is 0 Å². The molecule has 0 aromatic heterocycles. The maximum Gasteiger partial charge on any atom is 0.274 e. The van der Waals surface area contributed by atoms with Crippen molar-refractivity contribution in [1.82, 2.24) is 10.9 Å². The Morgan fingerprint density at radius 2 is 1.78 bits per heavy atom. The van der Waals surface area contributed by atoms with Crippen molar-refractivity contribution in [2.75, 3.05) is 11.9 Å². The number of nitrogens with one attached hydrogen (secondary N) is 3. The molecule has 0 aliphatic carbocycles. The number of aryl methyl sites for hydroxylation is 1. The number of rotatable bonds is 7. The lowest BCUT2D eigenvalue weighted by Gasteiger charge is -2.09. The Morgan fingerprint density at radius 3 is 2.44 bits per heavy atom. The average molecular weight is 373 g/mol. The van der Waals surface area contributed by atoms with Gasteiger partial charge in [-0.3, -0.25) is 35.2 Å². The van der Waals surface area contributed by atoms with E-state index in [1.807, 2.05) is 0 Å². The lowest BCUT2D eigenvalue weighted by atomic mass is 10.2. The average Bonchev–Trinajstić information content (AvgIpc) is 2.63. The first-order valence-electron chi connectivity index (χ1n) is 7.60. The van der Waals surface area contributed by atoms with Crippen LogP contribution in [-0.4, -0.2) is 28.2 Å². The predicted octanol–water partition coefficient (Wildman–Crippen LogP) is 1.68. The molecule has 0 saturated heterocycles. The minimum atomic E-state index is -0.655. The van der Waals surface area contributed by atoms with E-state index >= 15 is 0 Å². The van der Waals surface area contributed by atoms with Gasteiger partial charge in [0.05, 0.1) is 16.4 Å². The van der Waals surface area contributed by atoms with Gasteiger partial charge < -0.3 is 5.32 Å². The molecule has 11 heteroatoms. The molecule has 0 aliphatic rings. The number of nitrogens with zero attached hydrogens (tertiary/aromatic N) is 2. The van der Waals surface area contributed by atoms with Gasteiger partial charge in [0.2, 0.25) is 5.91 Å². The van der Waals surface area contributed by atoms with Crippen molar-refractivity contribution in [3.63, 3.8) is 0 Å². The number of hydrogen-bond donors (Lipinski definition) is 3. The number of amides is 2. The van der Waals surface area contributed by atoms with Crippen LogP contribution in [0.15, 0.2) is 42.5 Å². The van der Waals surface area contributed by atoms with E-state index < -0.39 is 21.7 Å². The van der Waals surface area contributed by atoms with Crippen molar-refractivity contribution in [2.45, 2.75) is 6.92 Å². The molecule has 0 spiro atoms. The first kappa shape index (κ1) is 19.5. The Labute approximate surface area is 152 Å². The molecule has 0 fully saturated rings. The zero-order valence-electron chi connectivity index (χ0n) is 14.1. The first-order chi connectivity index (χ1) is 12.8. The maximum absolute atomic E-state index is 11.9. The van der Waals surface area contributed by atoms with Gasteiger partial charge in [-0.1, -0.05) is 12.1 Å². The third kappa shape index (κ3) is 5.31. The number of benzene rings is 2. The lowest BCUT2D eigenvalue weighted by Crippen LogP contribution is -2.42. The minimum Gasteiger partial charge on any atom is -0.325 e. The van der Waals surface area contributed by atoms with Gasteiger partial charge in [-0.2, -0.15) is 0 Å². The Morgan fingerprint density at radius 1 is 1.04 bits per heavy atom. The van der Waals surface area contributed by atoms with Crippen molar-refractivity contribution in [3.05, 3.63) is 73.8 Å². The van der Waals surface area contributed by atoms with Gasteiger partial charge in [0.1, 0.15) is 0 Å². The summed E-state index contributed by atoms with van der Waals surface area (Å²) in [5.41, 5.74) is 5.01. The lowest BCUT2D eigenvalue weighted by molar-refractivity contribution is -0.385. The summed E-state index contributed by atoms with van der Waals surface area (Å²) in [7, 11) is 0. The molecular formula is C16H15N5O6. The molecule has 27 heavy (non-hydrogen) atoms. The fraction of sp³-hybridized carbons (Fsp3) is 0.125. The van der Waals surface area contributed by atoms with Crippen LogP contribution in [0.1, 0.15) is 15.9 Å². The zero-order valence-corrected chi connectivity index (χ0v) is 14.1. The summed E-state index contributed by atoms with van der Waals surface area (Å²) in [5, 5.41) is 24.1. The molecule has 0 unspecified atom stereocenters. The van der Waals surface area contributed by atoms with E-state index in [1.165, 1.54) is 36.4 Å². The molecule has 0 saturated carbocycles. The molecule has 0 heterocycles. The van der Waals surface area contributed by atoms with Gasteiger partial charge in [0.15, 0.2) is 0 Å². The van der Waals surface area contributed by atoms with Crippen molar-refractivity contribution >= 4 is 28.9 Å². The first-order valence-corrected chi connectivity index (χ1v) is 7.60. The Kier molecular flexibility index (Phi) is 6.12. The monoisotopic (exact) mass is 373 g/mol. The molecule has 0 atom stereocenters. The number of anilines is 1. The number of carbonyl (C=O) groups is 2. The molecule has 2 aromatic carbocycles. The summed E-state index contributed by atoms with van der Waals surface area (Å²) in [6.07, 6.45) is 0. The highest BCUT2D eigenvalue weighted by molar-refractivity contribution is 5.95. The third-order valence-electron chi connectivity index (χ3n) is 3.46. The van der Waals surface area contributed by atoms with Gasteiger partial charge in [-0.15, -0.1) is 0 Å². The molecule has 2 aromatic rings. The SMILES string of the molecule is Cc1ccc(NC(=O)CNNC(=O)c2cccc([N+](=O)[O-])c2)cc1[N+](=O)[O-]. The van der Waals surface area contributed by atoms with E-state index in [-0.39, 0.29) is 29.2 Å². The van der Waals surface area contributed by atoms with Gasteiger partial charge in [0, 0.05) is 35.0 Å². The molecule has 0 radical (unpaired) electrons. The van der Waals surface area contributed by atoms with E-state index in [1.54, 1.807) is 6.92 Å². The van der Waals surface area contributed by atoms with Gasteiger partial charge in [-0.05, 0) is 19.1 Å². The molecule has 0 aliphatic heterocycles. The molecule has 2 rings (SSSR count). The number of hydrogen-bond acceptors (Lipinski definition) is 7. The van der Waals surface area contributed by atoms with Crippen LogP contribution in [0.3, 0.4) is 0 Å². The van der Waals surface area contributed by atoms with Gasteiger partial charge >= 0.3 is 0 Å². The standard InChI is InChI=1S/C16H15N5O6/c1-10-5-6-12(8-14(10)21(26)27)18-15(22)9-17-19-16(23)11-3-2-4-13(7-11)20(24)25/h2-8,17H,9H2,1H3,(H,18,22)(H,19,23). The zero-order chi connectivity index (χ0) is 20.0. The number of nitro benzene ring substituents is 2. The number of non-ortho nitro benzene ring substituents is 1. The van der Waals surface area contributed by atoms with E-state index in [0.29, 0.717) is 5.56 Å².